The SMILES string of the molecule is FC1(F)N=Cc2ccccc2NC1(F)F. The highest BCUT2D eigenvalue weighted by Gasteiger charge is 2.57. The van der Waals surface area contributed by atoms with Crippen LogP contribution in [0.3, 0.4) is 0 Å². The van der Waals surface area contributed by atoms with Crippen molar-refractivity contribution in [2.24, 2.45) is 4.99 Å². The normalized spacial score (nSPS) is 21.3. The molecular formula is C9H6F4N2. The highest BCUT2D eigenvalue weighted by Crippen LogP contribution is 2.38. The molecule has 0 aromatic heterocycles. The van der Waals surface area contributed by atoms with Crippen LogP contribution in [0, 0.1) is 0 Å². The van der Waals surface area contributed by atoms with E-state index in [1.54, 1.807) is 6.07 Å². The molecular weight excluding hydrogens is 212 g/mol. The predicted octanol–water partition coefficient (Wildman–Crippen LogP) is 2.72. The summed E-state index contributed by atoms with van der Waals surface area (Å²) in [5, 5.41) is 1.48. The summed E-state index contributed by atoms with van der Waals surface area (Å²) < 4.78 is 51.5. The van der Waals surface area contributed by atoms with Gasteiger partial charge in [0.2, 0.25) is 0 Å². The van der Waals surface area contributed by atoms with Crippen LogP contribution in [0.2, 0.25) is 0 Å². The average Bonchev–Trinajstić information content (AvgIpc) is 2.23. The van der Waals surface area contributed by atoms with Crippen molar-refractivity contribution in [1.29, 1.82) is 0 Å². The van der Waals surface area contributed by atoms with E-state index >= 15 is 0 Å². The van der Waals surface area contributed by atoms with E-state index in [-0.39, 0.29) is 11.3 Å². The summed E-state index contributed by atoms with van der Waals surface area (Å²) >= 11 is 0. The van der Waals surface area contributed by atoms with Gasteiger partial charge in [-0.25, -0.2) is 4.99 Å². The molecule has 0 amide bonds. The van der Waals surface area contributed by atoms with Crippen molar-refractivity contribution in [3.05, 3.63) is 29.8 Å². The minimum Gasteiger partial charge on any atom is -0.319 e. The molecule has 2 rings (SSSR count). The first kappa shape index (κ1) is 9.95. The molecule has 6 heteroatoms. The summed E-state index contributed by atoms with van der Waals surface area (Å²) in [7, 11) is 0. The molecule has 0 radical (unpaired) electrons. The van der Waals surface area contributed by atoms with E-state index in [4.69, 9.17) is 0 Å². The maximum Gasteiger partial charge on any atom is 0.425 e. The average molecular weight is 218 g/mol. The summed E-state index contributed by atoms with van der Waals surface area (Å²) in [5.74, 6) is 0. The number of halogens is 4. The Morgan fingerprint density at radius 2 is 1.73 bits per heavy atom. The fourth-order valence-electron chi connectivity index (χ4n) is 1.20. The van der Waals surface area contributed by atoms with E-state index in [2.05, 4.69) is 4.99 Å². The molecule has 0 saturated heterocycles. The molecule has 0 aliphatic carbocycles. The standard InChI is InChI=1S/C9H6F4N2/c10-8(11)9(12,13)15-7-4-2-1-3-6(7)5-14-8/h1-5,15H. The third kappa shape index (κ3) is 1.55. The molecule has 1 aromatic carbocycles. The third-order valence-electron chi connectivity index (χ3n) is 2.00. The van der Waals surface area contributed by atoms with E-state index in [1.165, 1.54) is 23.5 Å². The van der Waals surface area contributed by atoms with E-state index < -0.39 is 12.1 Å². The predicted molar refractivity (Wildman–Crippen MR) is 47.6 cm³/mol. The van der Waals surface area contributed by atoms with Crippen molar-refractivity contribution >= 4 is 11.9 Å². The first-order valence-electron chi connectivity index (χ1n) is 4.10. The van der Waals surface area contributed by atoms with Gasteiger partial charge in [0.05, 0.1) is 0 Å². The second-order valence-corrected chi connectivity index (χ2v) is 3.09. The maximum absolute atomic E-state index is 12.9. The number of aliphatic imine (C=N–C) groups is 1. The van der Waals surface area contributed by atoms with Crippen LogP contribution in [0.15, 0.2) is 29.3 Å². The molecule has 15 heavy (non-hydrogen) atoms. The quantitative estimate of drug-likeness (QED) is 0.525. The van der Waals surface area contributed by atoms with Gasteiger partial charge in [-0.1, -0.05) is 18.2 Å². The molecule has 0 saturated carbocycles. The van der Waals surface area contributed by atoms with Gasteiger partial charge in [-0.05, 0) is 6.07 Å². The highest BCUT2D eigenvalue weighted by molar-refractivity contribution is 5.88. The number of nitrogens with one attached hydrogen (secondary N) is 1. The van der Waals surface area contributed by atoms with Crippen molar-refractivity contribution in [2.45, 2.75) is 12.1 Å². The summed E-state index contributed by atoms with van der Waals surface area (Å²) in [6.07, 6.45) is 0.739. The summed E-state index contributed by atoms with van der Waals surface area (Å²) in [6.45, 7) is 0. The van der Waals surface area contributed by atoms with Crippen LogP contribution in [0.5, 0.6) is 0 Å². The van der Waals surface area contributed by atoms with E-state index in [0.29, 0.717) is 0 Å². The molecule has 1 aliphatic rings. The van der Waals surface area contributed by atoms with Gasteiger partial charge in [0.15, 0.2) is 0 Å². The van der Waals surface area contributed by atoms with Crippen LogP contribution < -0.4 is 5.32 Å². The summed E-state index contributed by atoms with van der Waals surface area (Å²) in [6, 6.07) is -3.09. The number of benzene rings is 1. The molecule has 1 heterocycles. The zero-order valence-corrected chi connectivity index (χ0v) is 7.35. The second kappa shape index (κ2) is 2.95. The van der Waals surface area contributed by atoms with Gasteiger partial charge in [0.25, 0.3) is 0 Å². The molecule has 1 aromatic rings. The Balaban J connectivity index is 2.52. The molecule has 2 nitrogen and oxygen atoms in total. The maximum atomic E-state index is 12.9. The molecule has 0 fully saturated rings. The fraction of sp³-hybridized carbons (Fsp3) is 0.222. The van der Waals surface area contributed by atoms with Gasteiger partial charge in [-0.2, -0.15) is 17.6 Å². The zero-order valence-electron chi connectivity index (χ0n) is 7.35. The van der Waals surface area contributed by atoms with E-state index in [0.717, 1.165) is 6.21 Å². The number of alkyl halides is 4. The molecule has 0 atom stereocenters. The molecule has 1 N–H and O–H groups in total. The Kier molecular flexibility index (Phi) is 1.95. The zero-order chi connectivity index (χ0) is 11.1. The lowest BCUT2D eigenvalue weighted by molar-refractivity contribution is -0.184. The first-order chi connectivity index (χ1) is 6.92. The van der Waals surface area contributed by atoms with Gasteiger partial charge >= 0.3 is 12.1 Å². The number of anilines is 1. The number of nitrogens with zero attached hydrogens (tertiary/aromatic N) is 1. The van der Waals surface area contributed by atoms with Gasteiger partial charge in [0, 0.05) is 17.5 Å². The molecule has 0 spiro atoms. The van der Waals surface area contributed by atoms with Crippen molar-refractivity contribution < 1.29 is 17.6 Å². The van der Waals surface area contributed by atoms with Crippen LogP contribution >= 0.6 is 0 Å². The number of fused-ring (bicyclic) bond motifs is 1. The second-order valence-electron chi connectivity index (χ2n) is 3.09. The van der Waals surface area contributed by atoms with Crippen molar-refractivity contribution in [3.63, 3.8) is 0 Å². The molecule has 0 bridgehead atoms. The van der Waals surface area contributed by atoms with E-state index in [1.807, 2.05) is 0 Å². The Morgan fingerprint density at radius 1 is 1.07 bits per heavy atom. The third-order valence-corrected chi connectivity index (χ3v) is 2.00. The molecule has 0 unspecified atom stereocenters. The molecule has 1 aliphatic heterocycles. The van der Waals surface area contributed by atoms with Crippen LogP contribution in [-0.4, -0.2) is 18.3 Å². The van der Waals surface area contributed by atoms with Gasteiger partial charge < -0.3 is 5.32 Å². The van der Waals surface area contributed by atoms with Crippen LogP contribution in [0.1, 0.15) is 5.56 Å². The summed E-state index contributed by atoms with van der Waals surface area (Å²) in [5.41, 5.74) is 0.137. The number of benzodiazepines with no additional fused rings is 1. The molecule has 80 valence electrons. The lowest BCUT2D eigenvalue weighted by Crippen LogP contribution is -2.44. The van der Waals surface area contributed by atoms with Crippen LogP contribution in [-0.2, 0) is 0 Å². The van der Waals surface area contributed by atoms with Gasteiger partial charge in [-0.3, -0.25) is 0 Å². The summed E-state index contributed by atoms with van der Waals surface area (Å²) in [4.78, 5) is 2.58. The minimum atomic E-state index is -4.44. The van der Waals surface area contributed by atoms with Gasteiger partial charge in [-0.15, -0.1) is 0 Å². The van der Waals surface area contributed by atoms with Gasteiger partial charge in [0.1, 0.15) is 0 Å². The smallest absolute Gasteiger partial charge is 0.319 e. The lowest BCUT2D eigenvalue weighted by atomic mass is 10.2. The number of rotatable bonds is 0. The van der Waals surface area contributed by atoms with Crippen molar-refractivity contribution in [1.82, 2.24) is 0 Å². The van der Waals surface area contributed by atoms with E-state index in [9.17, 15) is 17.6 Å². The Hall–Kier alpha value is -1.59. The minimum absolute atomic E-state index is 0.0663. The van der Waals surface area contributed by atoms with Crippen molar-refractivity contribution in [3.8, 4) is 0 Å². The highest BCUT2D eigenvalue weighted by atomic mass is 19.3. The lowest BCUT2D eigenvalue weighted by Gasteiger charge is -2.22. The Bertz CT molecular complexity index is 414. The van der Waals surface area contributed by atoms with Crippen LogP contribution in [0.4, 0.5) is 23.2 Å². The number of para-hydroxylation sites is 1. The van der Waals surface area contributed by atoms with Crippen molar-refractivity contribution in [2.75, 3.05) is 5.32 Å². The number of hydrogen-bond acceptors (Lipinski definition) is 2. The Labute approximate surface area is 82.6 Å². The topological polar surface area (TPSA) is 24.4 Å². The first-order valence-corrected chi connectivity index (χ1v) is 4.10. The fourth-order valence-corrected chi connectivity index (χ4v) is 1.20. The monoisotopic (exact) mass is 218 g/mol. The van der Waals surface area contributed by atoms with Crippen LogP contribution in [0.25, 0.3) is 0 Å². The number of hydrogen-bond donors (Lipinski definition) is 1. The Morgan fingerprint density at radius 3 is 2.47 bits per heavy atom. The largest absolute Gasteiger partial charge is 0.425 e.